The molecular formula is C39H55N7O4Si. The van der Waals surface area contributed by atoms with Crippen LogP contribution in [0.1, 0.15) is 85.3 Å². The minimum atomic E-state index is -2.07. The Kier molecular flexibility index (Phi) is 12.2. The summed E-state index contributed by atoms with van der Waals surface area (Å²) < 4.78 is 6.43. The molecule has 5 rings (SSSR count). The van der Waals surface area contributed by atoms with Crippen molar-refractivity contribution in [2.75, 3.05) is 50.6 Å². The van der Waals surface area contributed by atoms with E-state index in [9.17, 15) is 14.4 Å². The quantitative estimate of drug-likeness (QED) is 0.113. The second-order valence-electron chi connectivity index (χ2n) is 15.1. The number of ether oxygens (including phenoxy) is 1. The third-order valence-electron chi connectivity index (χ3n) is 11.0. The van der Waals surface area contributed by atoms with Crippen molar-refractivity contribution >= 4 is 48.3 Å². The van der Waals surface area contributed by atoms with Gasteiger partial charge in [-0.3, -0.25) is 19.0 Å². The third kappa shape index (κ3) is 8.64. The number of rotatable bonds is 10. The van der Waals surface area contributed by atoms with Gasteiger partial charge in [-0.2, -0.15) is 4.98 Å². The topological polar surface area (TPSA) is 122 Å². The minimum Gasteiger partial charge on any atom is -0.469 e. The van der Waals surface area contributed by atoms with E-state index in [1.54, 1.807) is 16.8 Å². The molecule has 1 amide bonds. The molecule has 1 aliphatic heterocycles. The third-order valence-corrected chi connectivity index (χ3v) is 17.3. The number of carbonyl (C=O) groups is 2. The highest BCUT2D eigenvalue weighted by Gasteiger charge is 2.41. The van der Waals surface area contributed by atoms with Crippen LogP contribution < -0.4 is 21.1 Å². The maximum atomic E-state index is 14.1. The first-order valence-corrected chi connectivity index (χ1v) is 20.7. The molecule has 274 valence electrons. The maximum absolute atomic E-state index is 14.1. The van der Waals surface area contributed by atoms with Crippen molar-refractivity contribution in [1.82, 2.24) is 24.8 Å². The number of hydrogen-bond donors (Lipinski definition) is 2. The molecule has 3 heterocycles. The number of likely N-dealkylation sites (N-methyl/N-ethyl adjacent to an activating group) is 1. The highest BCUT2D eigenvalue weighted by Crippen LogP contribution is 2.41. The lowest BCUT2D eigenvalue weighted by Gasteiger charge is -2.38. The molecule has 1 aliphatic carbocycles. The number of hydrogen-bond acceptors (Lipinski definition) is 9. The highest BCUT2D eigenvalue weighted by molar-refractivity contribution is 6.90. The lowest BCUT2D eigenvalue weighted by molar-refractivity contribution is -0.144. The lowest BCUT2D eigenvalue weighted by atomic mass is 9.90. The molecule has 2 aliphatic rings. The van der Waals surface area contributed by atoms with Gasteiger partial charge in [0.2, 0.25) is 11.9 Å². The fourth-order valence-electron chi connectivity index (χ4n) is 8.16. The maximum Gasteiger partial charge on any atom is 0.315 e. The molecule has 2 fully saturated rings. The van der Waals surface area contributed by atoms with Gasteiger partial charge >= 0.3 is 5.97 Å². The largest absolute Gasteiger partial charge is 0.469 e. The van der Waals surface area contributed by atoms with Crippen LogP contribution in [0.2, 0.25) is 16.6 Å². The van der Waals surface area contributed by atoms with Gasteiger partial charge in [-0.1, -0.05) is 47.5 Å². The summed E-state index contributed by atoms with van der Waals surface area (Å²) in [5, 5.41) is 7.08. The summed E-state index contributed by atoms with van der Waals surface area (Å²) in [6.07, 6.45) is 4.19. The number of benzene rings is 1. The van der Waals surface area contributed by atoms with E-state index >= 15 is 0 Å². The summed E-state index contributed by atoms with van der Waals surface area (Å²) in [5.74, 6) is 3.01. The normalized spacial score (nSPS) is 18.5. The molecule has 3 aromatic rings. The van der Waals surface area contributed by atoms with Crippen LogP contribution in [0.3, 0.4) is 0 Å². The Morgan fingerprint density at radius 2 is 1.59 bits per heavy atom. The van der Waals surface area contributed by atoms with Gasteiger partial charge in [0.25, 0.3) is 5.56 Å². The average molecular weight is 714 g/mol. The van der Waals surface area contributed by atoms with Crippen molar-refractivity contribution in [2.45, 2.75) is 102 Å². The summed E-state index contributed by atoms with van der Waals surface area (Å²) in [5.41, 5.74) is 8.28. The van der Waals surface area contributed by atoms with E-state index < -0.39 is 14.0 Å². The van der Waals surface area contributed by atoms with Gasteiger partial charge in [0.15, 0.2) is 0 Å². The molecule has 2 aromatic heterocycles. The Morgan fingerprint density at radius 3 is 2.18 bits per heavy atom. The molecule has 2 N–H and O–H groups in total. The van der Waals surface area contributed by atoms with Crippen LogP contribution in [-0.2, 0) is 14.3 Å². The number of piperazine rings is 1. The van der Waals surface area contributed by atoms with Gasteiger partial charge in [0.05, 0.1) is 12.5 Å². The molecule has 51 heavy (non-hydrogen) atoms. The number of nitrogens with one attached hydrogen (secondary N) is 2. The van der Waals surface area contributed by atoms with Crippen LogP contribution in [0.25, 0.3) is 11.0 Å². The number of fused-ring (bicyclic) bond motifs is 1. The molecule has 0 atom stereocenters. The van der Waals surface area contributed by atoms with E-state index in [1.807, 2.05) is 12.1 Å². The van der Waals surface area contributed by atoms with E-state index in [0.717, 1.165) is 37.3 Å². The Morgan fingerprint density at radius 1 is 0.961 bits per heavy atom. The molecule has 1 saturated carbocycles. The Labute approximate surface area is 303 Å². The Balaban J connectivity index is 1.48. The SMILES string of the molecule is COC(=O)CC(=O)NC1CCC(n2c(=O)cc(C#C[Si](C(C)C)(C(C)C)C(C)C)c3cnc(Nc4ccc(N5CCN(C)CC5)cc4)nc32)CC1. The second-order valence-corrected chi connectivity index (χ2v) is 20.7. The van der Waals surface area contributed by atoms with Gasteiger partial charge in [-0.15, -0.1) is 5.54 Å². The monoisotopic (exact) mass is 713 g/mol. The summed E-state index contributed by atoms with van der Waals surface area (Å²) in [6.45, 7) is 17.8. The fraction of sp³-hybridized carbons (Fsp3) is 0.564. The number of pyridine rings is 1. The van der Waals surface area contributed by atoms with E-state index in [2.05, 4.69) is 97.4 Å². The molecular weight excluding hydrogens is 659 g/mol. The minimum absolute atomic E-state index is 0.0765. The predicted molar refractivity (Wildman–Crippen MR) is 207 cm³/mol. The molecule has 12 heteroatoms. The van der Waals surface area contributed by atoms with Crippen molar-refractivity contribution in [3.63, 3.8) is 0 Å². The molecule has 0 unspecified atom stereocenters. The van der Waals surface area contributed by atoms with Crippen LogP contribution in [0, 0.1) is 11.5 Å². The lowest BCUT2D eigenvalue weighted by Crippen LogP contribution is -2.44. The van der Waals surface area contributed by atoms with Gasteiger partial charge in [-0.05, 0) is 73.6 Å². The van der Waals surface area contributed by atoms with Gasteiger partial charge in [0.1, 0.15) is 20.1 Å². The van der Waals surface area contributed by atoms with Crippen molar-refractivity contribution < 1.29 is 14.3 Å². The Bertz CT molecular complexity index is 1790. The summed E-state index contributed by atoms with van der Waals surface area (Å²) >= 11 is 0. The molecule has 0 spiro atoms. The Hall–Kier alpha value is -4.21. The molecule has 0 radical (unpaired) electrons. The number of methoxy groups -OCH3 is 1. The zero-order valence-electron chi connectivity index (χ0n) is 31.6. The number of aromatic nitrogens is 3. The molecule has 1 saturated heterocycles. The van der Waals surface area contributed by atoms with Gasteiger partial charge in [0, 0.05) is 67.5 Å². The first-order chi connectivity index (χ1) is 24.3. The van der Waals surface area contributed by atoms with Crippen molar-refractivity contribution in [3.05, 3.63) is 52.4 Å². The molecule has 1 aromatic carbocycles. The second kappa shape index (κ2) is 16.4. The van der Waals surface area contributed by atoms with Crippen molar-refractivity contribution in [1.29, 1.82) is 0 Å². The smallest absolute Gasteiger partial charge is 0.315 e. The van der Waals surface area contributed by atoms with Crippen LogP contribution in [-0.4, -0.2) is 85.8 Å². The molecule has 0 bridgehead atoms. The van der Waals surface area contributed by atoms with E-state index in [-0.39, 0.29) is 30.0 Å². The zero-order chi connectivity index (χ0) is 36.9. The summed E-state index contributed by atoms with van der Waals surface area (Å²) in [7, 11) is 1.35. The van der Waals surface area contributed by atoms with E-state index in [1.165, 1.54) is 12.8 Å². The average Bonchev–Trinajstić information content (AvgIpc) is 3.09. The summed E-state index contributed by atoms with van der Waals surface area (Å²) in [6, 6.07) is 9.79. The van der Waals surface area contributed by atoms with Crippen molar-refractivity contribution in [2.24, 2.45) is 0 Å². The predicted octanol–water partition coefficient (Wildman–Crippen LogP) is 6.02. The van der Waals surface area contributed by atoms with Crippen LogP contribution in [0.4, 0.5) is 17.3 Å². The van der Waals surface area contributed by atoms with Crippen molar-refractivity contribution in [3.8, 4) is 11.5 Å². The molecule has 11 nitrogen and oxygen atoms in total. The summed E-state index contributed by atoms with van der Waals surface area (Å²) in [4.78, 5) is 52.5. The first-order valence-electron chi connectivity index (χ1n) is 18.4. The van der Waals surface area contributed by atoms with E-state index in [4.69, 9.17) is 9.97 Å². The number of amides is 1. The fourth-order valence-corrected chi connectivity index (χ4v) is 13.4. The van der Waals surface area contributed by atoms with Crippen LogP contribution >= 0.6 is 0 Å². The number of anilines is 3. The number of carbonyl (C=O) groups excluding carboxylic acids is 2. The number of esters is 1. The van der Waals surface area contributed by atoms with Gasteiger partial charge < -0.3 is 25.2 Å². The highest BCUT2D eigenvalue weighted by atomic mass is 28.3. The number of nitrogens with zero attached hydrogens (tertiary/aromatic N) is 5. The van der Waals surface area contributed by atoms with Crippen LogP contribution in [0.5, 0.6) is 0 Å². The van der Waals surface area contributed by atoms with E-state index in [0.29, 0.717) is 59.5 Å². The van der Waals surface area contributed by atoms with Crippen LogP contribution in [0.15, 0.2) is 41.3 Å². The standard InChI is InChI=1S/C39H55N7O4Si/c1-26(2)51(27(3)4,28(5)6)22-17-29-23-36(48)46(33-15-11-30(12-16-33)41-35(47)24-37(49)50-8)38-34(29)25-40-39(43-38)42-31-9-13-32(14-10-31)45-20-18-44(7)19-21-45/h9-10,13-14,23,25-28,30,33H,11-12,15-16,18-21,24H2,1-8H3,(H,41,47)(H,40,42,43). The van der Waals surface area contributed by atoms with Gasteiger partial charge in [-0.25, -0.2) is 4.98 Å². The zero-order valence-corrected chi connectivity index (χ0v) is 32.6. The first kappa shape index (κ1) is 38.0.